The van der Waals surface area contributed by atoms with Crippen molar-refractivity contribution in [2.75, 3.05) is 11.9 Å². The van der Waals surface area contributed by atoms with Crippen LogP contribution in [0.2, 0.25) is 0 Å². The van der Waals surface area contributed by atoms with Gasteiger partial charge in [-0.3, -0.25) is 0 Å². The lowest BCUT2D eigenvalue weighted by molar-refractivity contribution is 0.0810. The predicted octanol–water partition coefficient (Wildman–Crippen LogP) is 4.68. The molecule has 110 valence electrons. The van der Waals surface area contributed by atoms with Crippen LogP contribution in [0.1, 0.15) is 29.9 Å². The number of nitrogens with one attached hydrogen (secondary N) is 1. The van der Waals surface area contributed by atoms with Gasteiger partial charge in [-0.25, -0.2) is 0 Å². The predicted molar refractivity (Wildman–Crippen MR) is 85.8 cm³/mol. The summed E-state index contributed by atoms with van der Waals surface area (Å²) < 4.78 is 11.8. The van der Waals surface area contributed by atoms with Crippen molar-refractivity contribution in [1.82, 2.24) is 0 Å². The molecule has 3 nitrogen and oxygen atoms in total. The summed E-state index contributed by atoms with van der Waals surface area (Å²) >= 11 is 0. The third-order valence-electron chi connectivity index (χ3n) is 4.98. The van der Waals surface area contributed by atoms with Crippen LogP contribution in [0.25, 0.3) is 10.8 Å². The molecule has 0 unspecified atom stereocenters. The van der Waals surface area contributed by atoms with Gasteiger partial charge in [0.25, 0.3) is 0 Å². The molecule has 1 aromatic heterocycles. The van der Waals surface area contributed by atoms with Crippen molar-refractivity contribution in [3.8, 4) is 0 Å². The topological polar surface area (TPSA) is 34.4 Å². The molecule has 0 bridgehead atoms. The molecule has 0 aliphatic carbocycles. The molecule has 1 saturated heterocycles. The van der Waals surface area contributed by atoms with Gasteiger partial charge >= 0.3 is 0 Å². The normalized spacial score (nSPS) is 26.5. The molecule has 22 heavy (non-hydrogen) atoms. The highest BCUT2D eigenvalue weighted by Gasteiger charge is 2.42. The van der Waals surface area contributed by atoms with Crippen LogP contribution < -0.4 is 5.32 Å². The van der Waals surface area contributed by atoms with Crippen LogP contribution in [-0.4, -0.2) is 6.61 Å². The van der Waals surface area contributed by atoms with Gasteiger partial charge in [0.05, 0.1) is 18.4 Å². The van der Waals surface area contributed by atoms with Gasteiger partial charge in [-0.1, -0.05) is 36.4 Å². The Morgan fingerprint density at radius 1 is 1.00 bits per heavy atom. The Morgan fingerprint density at radius 2 is 1.95 bits per heavy atom. The summed E-state index contributed by atoms with van der Waals surface area (Å²) in [6.07, 6.45) is 2.98. The Balaban J connectivity index is 1.72. The molecule has 3 heterocycles. The van der Waals surface area contributed by atoms with Crippen molar-refractivity contribution in [3.63, 3.8) is 0 Å². The lowest BCUT2D eigenvalue weighted by Gasteiger charge is -2.35. The first kappa shape index (κ1) is 12.3. The molecule has 3 atom stereocenters. The van der Waals surface area contributed by atoms with E-state index in [4.69, 9.17) is 9.15 Å². The highest BCUT2D eigenvalue weighted by Crippen LogP contribution is 2.51. The summed E-state index contributed by atoms with van der Waals surface area (Å²) in [4.78, 5) is 0. The van der Waals surface area contributed by atoms with E-state index in [-0.39, 0.29) is 12.1 Å². The van der Waals surface area contributed by atoms with E-state index in [0.717, 1.165) is 18.8 Å². The molecule has 0 saturated carbocycles. The fraction of sp³-hybridized carbons (Fsp3) is 0.263. The van der Waals surface area contributed by atoms with Crippen LogP contribution >= 0.6 is 0 Å². The zero-order chi connectivity index (χ0) is 14.5. The van der Waals surface area contributed by atoms with Crippen LogP contribution in [0.15, 0.2) is 59.2 Å². The average Bonchev–Trinajstić information content (AvgIpc) is 3.25. The fourth-order valence-electron chi connectivity index (χ4n) is 3.97. The van der Waals surface area contributed by atoms with Crippen molar-refractivity contribution >= 4 is 16.5 Å². The zero-order valence-electron chi connectivity index (χ0n) is 12.2. The van der Waals surface area contributed by atoms with E-state index in [0.29, 0.717) is 5.92 Å². The van der Waals surface area contributed by atoms with Crippen LogP contribution in [0.5, 0.6) is 0 Å². The lowest BCUT2D eigenvalue weighted by Crippen LogP contribution is -2.29. The third-order valence-corrected chi connectivity index (χ3v) is 4.98. The molecular formula is C19H17NO2. The van der Waals surface area contributed by atoms with Gasteiger partial charge < -0.3 is 14.5 Å². The maximum Gasteiger partial charge on any atom is 0.126 e. The van der Waals surface area contributed by atoms with E-state index in [1.54, 1.807) is 6.26 Å². The monoisotopic (exact) mass is 291 g/mol. The van der Waals surface area contributed by atoms with Crippen molar-refractivity contribution in [2.45, 2.75) is 18.6 Å². The van der Waals surface area contributed by atoms with Gasteiger partial charge in [0.1, 0.15) is 5.76 Å². The molecule has 2 aliphatic heterocycles. The number of anilines is 1. The summed E-state index contributed by atoms with van der Waals surface area (Å²) in [5.74, 6) is 1.43. The van der Waals surface area contributed by atoms with Gasteiger partial charge in [0.2, 0.25) is 0 Å². The molecule has 3 heteroatoms. The highest BCUT2D eigenvalue weighted by atomic mass is 16.5. The Morgan fingerprint density at radius 3 is 2.86 bits per heavy atom. The summed E-state index contributed by atoms with van der Waals surface area (Å²) in [6, 6.07) is 17.1. The van der Waals surface area contributed by atoms with Crippen LogP contribution in [0.4, 0.5) is 5.69 Å². The van der Waals surface area contributed by atoms with E-state index in [9.17, 15) is 0 Å². The fourth-order valence-corrected chi connectivity index (χ4v) is 3.97. The number of furan rings is 1. The summed E-state index contributed by atoms with van der Waals surface area (Å²) in [5, 5.41) is 6.25. The van der Waals surface area contributed by atoms with Gasteiger partial charge in [0.15, 0.2) is 0 Å². The Kier molecular flexibility index (Phi) is 2.58. The molecule has 1 N–H and O–H groups in total. The molecule has 2 aromatic carbocycles. The highest BCUT2D eigenvalue weighted by molar-refractivity contribution is 5.96. The van der Waals surface area contributed by atoms with E-state index in [1.807, 2.05) is 6.07 Å². The lowest BCUT2D eigenvalue weighted by atomic mass is 9.82. The smallest absolute Gasteiger partial charge is 0.126 e. The SMILES string of the molecule is c1coc([C@@H]2Nc3c(ccc4ccccc34)[C@@H]3OCC[C@@H]23)c1. The number of ether oxygens (including phenoxy) is 1. The molecular weight excluding hydrogens is 274 g/mol. The maximum absolute atomic E-state index is 6.08. The molecule has 2 aliphatic rings. The summed E-state index contributed by atoms with van der Waals surface area (Å²) in [7, 11) is 0. The van der Waals surface area contributed by atoms with Crippen LogP contribution in [0, 0.1) is 5.92 Å². The second kappa shape index (κ2) is 4.62. The number of benzene rings is 2. The van der Waals surface area contributed by atoms with Gasteiger partial charge in [-0.15, -0.1) is 0 Å². The molecule has 1 fully saturated rings. The molecule has 0 spiro atoms. The number of hydrogen-bond donors (Lipinski definition) is 1. The minimum atomic E-state index is 0.163. The summed E-state index contributed by atoms with van der Waals surface area (Å²) in [6.45, 7) is 0.820. The van der Waals surface area contributed by atoms with E-state index in [2.05, 4.69) is 47.8 Å². The molecule has 5 rings (SSSR count). The van der Waals surface area contributed by atoms with E-state index < -0.39 is 0 Å². The van der Waals surface area contributed by atoms with E-state index >= 15 is 0 Å². The minimum Gasteiger partial charge on any atom is -0.467 e. The first-order chi connectivity index (χ1) is 10.9. The van der Waals surface area contributed by atoms with Crippen LogP contribution in [0.3, 0.4) is 0 Å². The largest absolute Gasteiger partial charge is 0.467 e. The first-order valence-corrected chi connectivity index (χ1v) is 7.85. The zero-order valence-corrected chi connectivity index (χ0v) is 12.2. The quantitative estimate of drug-likeness (QED) is 0.707. The average molecular weight is 291 g/mol. The van der Waals surface area contributed by atoms with Crippen molar-refractivity contribution < 1.29 is 9.15 Å². The van der Waals surface area contributed by atoms with Crippen molar-refractivity contribution in [2.24, 2.45) is 5.92 Å². The van der Waals surface area contributed by atoms with Crippen LogP contribution in [-0.2, 0) is 4.74 Å². The molecule has 0 amide bonds. The number of hydrogen-bond acceptors (Lipinski definition) is 3. The van der Waals surface area contributed by atoms with Crippen molar-refractivity contribution in [3.05, 3.63) is 66.1 Å². The van der Waals surface area contributed by atoms with Gasteiger partial charge in [0, 0.05) is 29.2 Å². The minimum absolute atomic E-state index is 0.163. The second-order valence-corrected chi connectivity index (χ2v) is 6.13. The van der Waals surface area contributed by atoms with Crippen molar-refractivity contribution in [1.29, 1.82) is 0 Å². The Bertz CT molecular complexity index is 825. The van der Waals surface area contributed by atoms with Gasteiger partial charge in [-0.05, 0) is 23.9 Å². The van der Waals surface area contributed by atoms with Gasteiger partial charge in [-0.2, -0.15) is 0 Å². The standard InChI is InChI=1S/C19H17NO2/c1-2-5-13-12(4-1)7-8-14-17(13)20-18(16-6-3-10-21-16)15-9-11-22-19(14)15/h1-8,10,15,18-20H,9,11H2/t15-,18+,19-/m0/s1. The van der Waals surface area contributed by atoms with E-state index in [1.165, 1.54) is 22.0 Å². The Hall–Kier alpha value is -2.26. The summed E-state index contributed by atoms with van der Waals surface area (Å²) in [5.41, 5.74) is 2.48. The molecule has 0 radical (unpaired) electrons. The Labute approximate surface area is 128 Å². The second-order valence-electron chi connectivity index (χ2n) is 6.13. The number of fused-ring (bicyclic) bond motifs is 5. The molecule has 3 aromatic rings. The maximum atomic E-state index is 6.08. The number of rotatable bonds is 1. The first-order valence-electron chi connectivity index (χ1n) is 7.85. The third kappa shape index (κ3) is 1.66.